The lowest BCUT2D eigenvalue weighted by atomic mass is 9.89. The van der Waals surface area contributed by atoms with Crippen molar-refractivity contribution >= 4 is 0 Å². The number of ether oxygens (including phenoxy) is 3. The van der Waals surface area contributed by atoms with E-state index in [1.165, 1.54) is 19.3 Å². The smallest absolute Gasteiger partial charge is 0.203 e. The van der Waals surface area contributed by atoms with E-state index in [0.29, 0.717) is 29.4 Å². The van der Waals surface area contributed by atoms with Gasteiger partial charge in [-0.15, -0.1) is 0 Å². The second-order valence-electron chi connectivity index (χ2n) is 7.56. The van der Waals surface area contributed by atoms with Crippen LogP contribution in [0.5, 0.6) is 17.2 Å². The van der Waals surface area contributed by atoms with Gasteiger partial charge in [-0.1, -0.05) is 30.3 Å². The van der Waals surface area contributed by atoms with E-state index in [9.17, 15) is 5.26 Å². The highest BCUT2D eigenvalue weighted by atomic mass is 16.7. The van der Waals surface area contributed by atoms with Crippen LogP contribution >= 0.6 is 0 Å². The Balaban J connectivity index is 1.45. The van der Waals surface area contributed by atoms with Crippen LogP contribution in [0.4, 0.5) is 0 Å². The number of nitriles is 1. The van der Waals surface area contributed by atoms with Gasteiger partial charge in [-0.3, -0.25) is 0 Å². The van der Waals surface area contributed by atoms with Gasteiger partial charge in [0.25, 0.3) is 0 Å². The summed E-state index contributed by atoms with van der Waals surface area (Å²) >= 11 is 0. The topological polar surface area (TPSA) is 51.5 Å². The van der Waals surface area contributed by atoms with Crippen molar-refractivity contribution in [1.82, 2.24) is 0 Å². The first-order valence-electron chi connectivity index (χ1n) is 9.35. The van der Waals surface area contributed by atoms with Crippen molar-refractivity contribution in [2.24, 2.45) is 17.8 Å². The Morgan fingerprint density at radius 3 is 2.62 bits per heavy atom. The molecular weight excluding hydrogens is 326 g/mol. The molecule has 2 aromatic carbocycles. The maximum atomic E-state index is 9.21. The molecule has 3 aliphatic rings. The molecule has 5 atom stereocenters. The number of rotatable bonds is 5. The van der Waals surface area contributed by atoms with E-state index in [2.05, 4.69) is 6.07 Å². The van der Waals surface area contributed by atoms with Crippen molar-refractivity contribution in [2.75, 3.05) is 0 Å². The molecule has 3 fully saturated rings. The average molecular weight is 347 g/mol. The van der Waals surface area contributed by atoms with Crippen molar-refractivity contribution in [3.8, 4) is 23.3 Å². The SMILES string of the molecule is N#CCc1cccc(Oc2ccccc2)c1O[C@@H]1O[C@@H]2C[C@@H]3CC1[C@H]2C3. The Bertz CT molecular complexity index is 842. The molecule has 2 aliphatic carbocycles. The summed E-state index contributed by atoms with van der Waals surface area (Å²) in [4.78, 5) is 0. The number of hydrogen-bond acceptors (Lipinski definition) is 4. The Labute approximate surface area is 153 Å². The minimum atomic E-state index is -0.226. The van der Waals surface area contributed by atoms with Crippen LogP contribution in [0.25, 0.3) is 0 Å². The second-order valence-corrected chi connectivity index (χ2v) is 7.56. The monoisotopic (exact) mass is 347 g/mol. The summed E-state index contributed by atoms with van der Waals surface area (Å²) in [5, 5.41) is 9.21. The van der Waals surface area contributed by atoms with Gasteiger partial charge in [0, 0.05) is 11.5 Å². The summed E-state index contributed by atoms with van der Waals surface area (Å²) in [7, 11) is 0. The summed E-state index contributed by atoms with van der Waals surface area (Å²) in [6, 6.07) is 17.6. The van der Waals surface area contributed by atoms with Gasteiger partial charge in [-0.25, -0.2) is 0 Å². The quantitative estimate of drug-likeness (QED) is 0.787. The maximum Gasteiger partial charge on any atom is 0.203 e. The molecule has 132 valence electrons. The van der Waals surface area contributed by atoms with Crippen LogP contribution in [0.3, 0.4) is 0 Å². The second kappa shape index (κ2) is 6.34. The normalized spacial score (nSPS) is 31.0. The van der Waals surface area contributed by atoms with Gasteiger partial charge in [0.05, 0.1) is 18.6 Å². The fourth-order valence-electron chi connectivity index (χ4n) is 4.93. The molecule has 1 unspecified atom stereocenters. The van der Waals surface area contributed by atoms with Gasteiger partial charge >= 0.3 is 0 Å². The Hall–Kier alpha value is -2.51. The van der Waals surface area contributed by atoms with Crippen LogP contribution in [0, 0.1) is 29.1 Å². The standard InChI is InChI=1S/C22H21NO3/c23-10-9-15-5-4-8-19(24-16-6-2-1-3-7-16)21(15)26-22-18-12-14-11-17(18)20(13-14)25-22/h1-8,14,17-18,20,22H,9,11-13H2/t14-,17+,18?,20+,22-/m0/s1. The summed E-state index contributed by atoms with van der Waals surface area (Å²) in [5.74, 6) is 3.96. The molecule has 0 spiro atoms. The van der Waals surface area contributed by atoms with E-state index < -0.39 is 0 Å². The molecule has 0 radical (unpaired) electrons. The van der Waals surface area contributed by atoms with Gasteiger partial charge < -0.3 is 14.2 Å². The summed E-state index contributed by atoms with van der Waals surface area (Å²) in [6.07, 6.45) is 4.06. The Kier molecular flexibility index (Phi) is 3.83. The van der Waals surface area contributed by atoms with Crippen molar-refractivity contribution in [1.29, 1.82) is 5.26 Å². The van der Waals surface area contributed by atoms with E-state index in [4.69, 9.17) is 14.2 Å². The Morgan fingerprint density at radius 1 is 1.00 bits per heavy atom. The summed E-state index contributed by atoms with van der Waals surface area (Å²) in [6.45, 7) is 0. The molecule has 2 aromatic rings. The van der Waals surface area contributed by atoms with Crippen LogP contribution in [0.15, 0.2) is 48.5 Å². The fourth-order valence-corrected chi connectivity index (χ4v) is 4.93. The lowest BCUT2D eigenvalue weighted by molar-refractivity contribution is -0.0839. The number of hydrogen-bond donors (Lipinski definition) is 0. The largest absolute Gasteiger partial charge is 0.460 e. The average Bonchev–Trinajstić information content (AvgIpc) is 3.28. The highest BCUT2D eigenvalue weighted by Crippen LogP contribution is 2.56. The van der Waals surface area contributed by atoms with E-state index >= 15 is 0 Å². The van der Waals surface area contributed by atoms with Crippen LogP contribution in [-0.4, -0.2) is 12.4 Å². The van der Waals surface area contributed by atoms with Crippen molar-refractivity contribution < 1.29 is 14.2 Å². The first-order chi connectivity index (χ1) is 12.8. The number of para-hydroxylation sites is 2. The molecule has 0 amide bonds. The van der Waals surface area contributed by atoms with Crippen molar-refractivity contribution in [2.45, 2.75) is 38.1 Å². The minimum Gasteiger partial charge on any atom is -0.460 e. The lowest BCUT2D eigenvalue weighted by Gasteiger charge is -2.22. The molecular formula is C22H21NO3. The number of fused-ring (bicyclic) bond motifs is 1. The zero-order valence-corrected chi connectivity index (χ0v) is 14.5. The molecule has 26 heavy (non-hydrogen) atoms. The van der Waals surface area contributed by atoms with E-state index in [-0.39, 0.29) is 12.7 Å². The molecule has 1 aliphatic heterocycles. The number of benzene rings is 2. The predicted molar refractivity (Wildman–Crippen MR) is 95.9 cm³/mol. The zero-order valence-electron chi connectivity index (χ0n) is 14.5. The predicted octanol–water partition coefficient (Wildman–Crippen LogP) is 4.69. The minimum absolute atomic E-state index is 0.226. The fraction of sp³-hybridized carbons (Fsp3) is 0.409. The molecule has 4 heteroatoms. The van der Waals surface area contributed by atoms with Gasteiger partial charge in [-0.2, -0.15) is 5.26 Å². The summed E-state index contributed by atoms with van der Waals surface area (Å²) < 4.78 is 18.7. The molecule has 2 bridgehead atoms. The van der Waals surface area contributed by atoms with Crippen LogP contribution < -0.4 is 9.47 Å². The van der Waals surface area contributed by atoms with Crippen molar-refractivity contribution in [3.63, 3.8) is 0 Å². The van der Waals surface area contributed by atoms with Crippen LogP contribution in [0.1, 0.15) is 24.8 Å². The highest BCUT2D eigenvalue weighted by Gasteiger charge is 2.57. The van der Waals surface area contributed by atoms with E-state index in [1.807, 2.05) is 48.5 Å². The lowest BCUT2D eigenvalue weighted by Crippen LogP contribution is -2.24. The third kappa shape index (κ3) is 2.64. The van der Waals surface area contributed by atoms with Gasteiger partial charge in [0.15, 0.2) is 11.5 Å². The van der Waals surface area contributed by atoms with Crippen LogP contribution in [-0.2, 0) is 11.2 Å². The highest BCUT2D eigenvalue weighted by molar-refractivity contribution is 5.49. The molecule has 2 saturated carbocycles. The van der Waals surface area contributed by atoms with Gasteiger partial charge in [-0.05, 0) is 49.3 Å². The van der Waals surface area contributed by atoms with Crippen LogP contribution in [0.2, 0.25) is 0 Å². The third-order valence-corrected chi connectivity index (χ3v) is 6.00. The Morgan fingerprint density at radius 2 is 1.85 bits per heavy atom. The third-order valence-electron chi connectivity index (χ3n) is 6.00. The first-order valence-corrected chi connectivity index (χ1v) is 9.35. The van der Waals surface area contributed by atoms with E-state index in [0.717, 1.165) is 17.2 Å². The molecule has 4 nitrogen and oxygen atoms in total. The molecule has 1 saturated heterocycles. The van der Waals surface area contributed by atoms with E-state index in [1.54, 1.807) is 0 Å². The van der Waals surface area contributed by atoms with Crippen molar-refractivity contribution in [3.05, 3.63) is 54.1 Å². The van der Waals surface area contributed by atoms with Gasteiger partial charge in [0.2, 0.25) is 6.29 Å². The molecule has 5 rings (SSSR count). The first kappa shape index (κ1) is 15.7. The molecule has 0 N–H and O–H groups in total. The van der Waals surface area contributed by atoms with Gasteiger partial charge in [0.1, 0.15) is 5.75 Å². The molecule has 1 heterocycles. The molecule has 0 aromatic heterocycles. The maximum absolute atomic E-state index is 9.21. The zero-order chi connectivity index (χ0) is 17.5. The summed E-state index contributed by atoms with van der Waals surface area (Å²) in [5.41, 5.74) is 0.846. The number of nitrogens with zero attached hydrogens (tertiary/aromatic N) is 1.